The largest absolute Gasteiger partial charge is 0.471 e. The van der Waals surface area contributed by atoms with Crippen molar-refractivity contribution < 1.29 is 19.2 Å². The van der Waals surface area contributed by atoms with Crippen molar-refractivity contribution >= 4 is 11.8 Å². The van der Waals surface area contributed by atoms with Gasteiger partial charge in [0.1, 0.15) is 6.20 Å². The number of hydrogen-bond acceptors (Lipinski definition) is 6. The molecule has 1 unspecified atom stereocenters. The molecule has 0 N–H and O–H groups in total. The fourth-order valence-electron chi connectivity index (χ4n) is 1.02. The summed E-state index contributed by atoms with van der Waals surface area (Å²) in [7, 11) is 1.21. The maximum atomic E-state index is 11.1. The van der Waals surface area contributed by atoms with Gasteiger partial charge in [0.05, 0.1) is 7.11 Å². The van der Waals surface area contributed by atoms with Gasteiger partial charge in [0.2, 0.25) is 5.75 Å². The van der Waals surface area contributed by atoms with Gasteiger partial charge < -0.3 is 19.6 Å². The Balaban J connectivity index is 2.88. The Labute approximate surface area is 91.2 Å². The SMILES string of the molecule is COC(=O)C(C)Oc1cccnc1[N+](=O)[O-]. The minimum absolute atomic E-state index is 0.0644. The Morgan fingerprint density at radius 2 is 2.31 bits per heavy atom. The molecule has 0 aromatic carbocycles. The van der Waals surface area contributed by atoms with E-state index in [-0.39, 0.29) is 5.75 Å². The molecule has 7 nitrogen and oxygen atoms in total. The van der Waals surface area contributed by atoms with Gasteiger partial charge in [-0.2, -0.15) is 0 Å². The fourth-order valence-corrected chi connectivity index (χ4v) is 1.02. The molecule has 1 aromatic rings. The molecular weight excluding hydrogens is 216 g/mol. The second-order valence-electron chi connectivity index (χ2n) is 2.87. The zero-order valence-corrected chi connectivity index (χ0v) is 8.75. The van der Waals surface area contributed by atoms with E-state index in [0.717, 1.165) is 0 Å². The Hall–Kier alpha value is -2.18. The van der Waals surface area contributed by atoms with Crippen LogP contribution in [0.25, 0.3) is 0 Å². The number of ether oxygens (including phenoxy) is 2. The first-order valence-corrected chi connectivity index (χ1v) is 4.40. The first kappa shape index (κ1) is 11.9. The summed E-state index contributed by atoms with van der Waals surface area (Å²) in [6, 6.07) is 2.84. The highest BCUT2D eigenvalue weighted by Gasteiger charge is 2.21. The number of carbonyl (C=O) groups excluding carboxylic acids is 1. The van der Waals surface area contributed by atoms with E-state index in [1.807, 2.05) is 0 Å². The van der Waals surface area contributed by atoms with E-state index < -0.39 is 22.8 Å². The fraction of sp³-hybridized carbons (Fsp3) is 0.333. The molecule has 0 bridgehead atoms. The molecule has 0 aliphatic carbocycles. The minimum atomic E-state index is -0.923. The van der Waals surface area contributed by atoms with Gasteiger partial charge in [-0.25, -0.2) is 4.79 Å². The molecule has 0 saturated carbocycles. The summed E-state index contributed by atoms with van der Waals surface area (Å²) < 4.78 is 9.51. The second-order valence-corrected chi connectivity index (χ2v) is 2.87. The van der Waals surface area contributed by atoms with Crippen LogP contribution in [0.4, 0.5) is 5.82 Å². The Kier molecular flexibility index (Phi) is 3.76. The summed E-state index contributed by atoms with van der Waals surface area (Å²) in [5.41, 5.74) is 0. The first-order chi connectivity index (χ1) is 7.56. The number of methoxy groups -OCH3 is 1. The van der Waals surface area contributed by atoms with Crippen molar-refractivity contribution in [2.24, 2.45) is 0 Å². The van der Waals surface area contributed by atoms with Gasteiger partial charge in [0.25, 0.3) is 0 Å². The van der Waals surface area contributed by atoms with Crippen molar-refractivity contribution in [3.63, 3.8) is 0 Å². The highest BCUT2D eigenvalue weighted by molar-refractivity contribution is 5.74. The van der Waals surface area contributed by atoms with Gasteiger partial charge in [-0.3, -0.25) is 0 Å². The van der Waals surface area contributed by atoms with Crippen molar-refractivity contribution in [1.29, 1.82) is 0 Å². The molecule has 0 spiro atoms. The van der Waals surface area contributed by atoms with E-state index in [1.165, 1.54) is 32.4 Å². The molecular formula is C9H10N2O5. The summed E-state index contributed by atoms with van der Waals surface area (Å²) in [5.74, 6) is -1.11. The van der Waals surface area contributed by atoms with Crippen molar-refractivity contribution in [3.05, 3.63) is 28.4 Å². The van der Waals surface area contributed by atoms with Crippen LogP contribution in [0.2, 0.25) is 0 Å². The number of nitro groups is 1. The van der Waals surface area contributed by atoms with Crippen LogP contribution in [-0.4, -0.2) is 29.1 Å². The third-order valence-electron chi connectivity index (χ3n) is 1.76. The number of pyridine rings is 1. The molecule has 7 heteroatoms. The lowest BCUT2D eigenvalue weighted by Crippen LogP contribution is -2.25. The Morgan fingerprint density at radius 3 is 2.88 bits per heavy atom. The summed E-state index contributed by atoms with van der Waals surface area (Å²) in [6.07, 6.45) is 0.348. The molecule has 0 aliphatic heterocycles. The average Bonchev–Trinajstić information content (AvgIpc) is 2.28. The van der Waals surface area contributed by atoms with Crippen LogP contribution in [0.15, 0.2) is 18.3 Å². The third kappa shape index (κ3) is 2.66. The van der Waals surface area contributed by atoms with E-state index in [2.05, 4.69) is 9.72 Å². The first-order valence-electron chi connectivity index (χ1n) is 4.40. The summed E-state index contributed by atoms with van der Waals surface area (Å²) >= 11 is 0. The van der Waals surface area contributed by atoms with Crippen molar-refractivity contribution in [2.45, 2.75) is 13.0 Å². The van der Waals surface area contributed by atoms with Crippen LogP contribution in [0.3, 0.4) is 0 Å². The molecule has 0 amide bonds. The predicted molar refractivity (Wildman–Crippen MR) is 53.0 cm³/mol. The number of aromatic nitrogens is 1. The lowest BCUT2D eigenvalue weighted by Gasteiger charge is -2.11. The van der Waals surface area contributed by atoms with E-state index in [9.17, 15) is 14.9 Å². The van der Waals surface area contributed by atoms with E-state index in [1.54, 1.807) is 0 Å². The lowest BCUT2D eigenvalue weighted by molar-refractivity contribution is -0.390. The molecule has 16 heavy (non-hydrogen) atoms. The second kappa shape index (κ2) is 5.06. The maximum absolute atomic E-state index is 11.1. The predicted octanol–water partition coefficient (Wildman–Crippen LogP) is 0.930. The molecule has 1 aromatic heterocycles. The number of nitrogens with zero attached hydrogens (tertiary/aromatic N) is 2. The van der Waals surface area contributed by atoms with Gasteiger partial charge in [0.15, 0.2) is 6.10 Å². The lowest BCUT2D eigenvalue weighted by atomic mass is 10.4. The summed E-state index contributed by atoms with van der Waals surface area (Å²) in [4.78, 5) is 24.5. The number of hydrogen-bond donors (Lipinski definition) is 0. The minimum Gasteiger partial charge on any atom is -0.471 e. The van der Waals surface area contributed by atoms with E-state index >= 15 is 0 Å². The van der Waals surface area contributed by atoms with Crippen molar-refractivity contribution in [3.8, 4) is 5.75 Å². The van der Waals surface area contributed by atoms with Gasteiger partial charge >= 0.3 is 11.8 Å². The monoisotopic (exact) mass is 226 g/mol. The maximum Gasteiger partial charge on any atom is 0.406 e. The molecule has 0 fully saturated rings. The van der Waals surface area contributed by atoms with Crippen LogP contribution >= 0.6 is 0 Å². The van der Waals surface area contributed by atoms with E-state index in [0.29, 0.717) is 0 Å². The number of carbonyl (C=O) groups is 1. The number of esters is 1. The van der Waals surface area contributed by atoms with Crippen molar-refractivity contribution in [1.82, 2.24) is 4.98 Å². The summed E-state index contributed by atoms with van der Waals surface area (Å²) in [5, 5.41) is 10.6. The smallest absolute Gasteiger partial charge is 0.406 e. The van der Waals surface area contributed by atoms with Crippen LogP contribution in [0, 0.1) is 10.1 Å². The third-order valence-corrected chi connectivity index (χ3v) is 1.76. The topological polar surface area (TPSA) is 91.6 Å². The molecule has 1 rings (SSSR count). The molecule has 1 atom stereocenters. The van der Waals surface area contributed by atoms with Gasteiger partial charge in [-0.05, 0) is 29.0 Å². The van der Waals surface area contributed by atoms with Gasteiger partial charge in [-0.15, -0.1) is 0 Å². The van der Waals surface area contributed by atoms with Gasteiger partial charge in [0, 0.05) is 0 Å². The molecule has 86 valence electrons. The Morgan fingerprint density at radius 1 is 1.62 bits per heavy atom. The normalized spacial score (nSPS) is 11.6. The zero-order valence-electron chi connectivity index (χ0n) is 8.75. The Bertz CT molecular complexity index is 407. The molecule has 0 aliphatic rings. The average molecular weight is 226 g/mol. The summed E-state index contributed by atoms with van der Waals surface area (Å²) in [6.45, 7) is 1.43. The molecule has 1 heterocycles. The highest BCUT2D eigenvalue weighted by Crippen LogP contribution is 2.24. The van der Waals surface area contributed by atoms with Crippen LogP contribution in [0.1, 0.15) is 6.92 Å². The van der Waals surface area contributed by atoms with Crippen molar-refractivity contribution in [2.75, 3.05) is 7.11 Å². The standard InChI is InChI=1S/C9H10N2O5/c1-6(9(12)15-2)16-7-4-3-5-10-8(7)11(13)14/h3-6H,1-2H3. The van der Waals surface area contributed by atoms with Crippen LogP contribution in [-0.2, 0) is 9.53 Å². The van der Waals surface area contributed by atoms with Crippen LogP contribution < -0.4 is 4.74 Å². The number of rotatable bonds is 4. The zero-order chi connectivity index (χ0) is 12.1. The molecule has 0 saturated heterocycles. The van der Waals surface area contributed by atoms with Gasteiger partial charge in [-0.1, -0.05) is 0 Å². The highest BCUT2D eigenvalue weighted by atomic mass is 16.6. The van der Waals surface area contributed by atoms with Crippen LogP contribution in [0.5, 0.6) is 5.75 Å². The van der Waals surface area contributed by atoms with E-state index in [4.69, 9.17) is 4.74 Å². The molecule has 0 radical (unpaired) electrons. The quantitative estimate of drug-likeness (QED) is 0.431.